The highest BCUT2D eigenvalue weighted by molar-refractivity contribution is 6.30. The van der Waals surface area contributed by atoms with E-state index in [1.807, 2.05) is 24.3 Å². The molecule has 1 atom stereocenters. The SMILES string of the molecule is C[C@@H]1CNCCN1Cc1coc(-c2cccc(Cl)c2)n1. The topological polar surface area (TPSA) is 41.3 Å². The van der Waals surface area contributed by atoms with Crippen LogP contribution in [0.3, 0.4) is 0 Å². The van der Waals surface area contributed by atoms with E-state index in [1.54, 1.807) is 6.26 Å². The van der Waals surface area contributed by atoms with Crippen molar-refractivity contribution in [3.05, 3.63) is 41.2 Å². The first kappa shape index (κ1) is 13.6. The van der Waals surface area contributed by atoms with E-state index in [4.69, 9.17) is 16.0 Å². The highest BCUT2D eigenvalue weighted by Crippen LogP contribution is 2.22. The Hall–Kier alpha value is -1.36. The second-order valence-corrected chi connectivity index (χ2v) is 5.61. The molecule has 3 rings (SSSR count). The molecule has 1 aromatic carbocycles. The molecule has 1 saturated heterocycles. The van der Waals surface area contributed by atoms with Crippen LogP contribution in [0.15, 0.2) is 34.9 Å². The molecule has 1 N–H and O–H groups in total. The molecule has 106 valence electrons. The fourth-order valence-corrected chi connectivity index (χ4v) is 2.65. The zero-order valence-electron chi connectivity index (χ0n) is 11.5. The molecule has 1 aliphatic rings. The van der Waals surface area contributed by atoms with E-state index in [-0.39, 0.29) is 0 Å². The van der Waals surface area contributed by atoms with Gasteiger partial charge >= 0.3 is 0 Å². The summed E-state index contributed by atoms with van der Waals surface area (Å²) in [7, 11) is 0. The maximum absolute atomic E-state index is 5.99. The number of halogens is 1. The summed E-state index contributed by atoms with van der Waals surface area (Å²) in [6.07, 6.45) is 1.74. The largest absolute Gasteiger partial charge is 0.444 e. The van der Waals surface area contributed by atoms with Crippen LogP contribution in [0, 0.1) is 0 Å². The van der Waals surface area contributed by atoms with Gasteiger partial charge in [0, 0.05) is 42.8 Å². The summed E-state index contributed by atoms with van der Waals surface area (Å²) in [4.78, 5) is 6.98. The predicted octanol–water partition coefficient (Wildman–Crippen LogP) is 2.79. The monoisotopic (exact) mass is 291 g/mol. The molecule has 1 aliphatic heterocycles. The fraction of sp³-hybridized carbons (Fsp3) is 0.400. The van der Waals surface area contributed by atoms with Gasteiger partial charge in [-0.15, -0.1) is 0 Å². The van der Waals surface area contributed by atoms with E-state index in [2.05, 4.69) is 22.1 Å². The van der Waals surface area contributed by atoms with Crippen molar-refractivity contribution in [3.63, 3.8) is 0 Å². The molecule has 2 aromatic rings. The quantitative estimate of drug-likeness (QED) is 0.944. The second kappa shape index (κ2) is 5.95. The minimum atomic E-state index is 0.523. The van der Waals surface area contributed by atoms with Gasteiger partial charge in [-0.1, -0.05) is 17.7 Å². The molecule has 20 heavy (non-hydrogen) atoms. The molecule has 0 spiro atoms. The van der Waals surface area contributed by atoms with Gasteiger partial charge in [0.25, 0.3) is 0 Å². The zero-order chi connectivity index (χ0) is 13.9. The number of nitrogens with one attached hydrogen (secondary N) is 1. The predicted molar refractivity (Wildman–Crippen MR) is 79.7 cm³/mol. The molecular weight excluding hydrogens is 274 g/mol. The minimum absolute atomic E-state index is 0.523. The lowest BCUT2D eigenvalue weighted by Gasteiger charge is -2.33. The number of benzene rings is 1. The molecule has 1 fully saturated rings. The second-order valence-electron chi connectivity index (χ2n) is 5.18. The summed E-state index contributed by atoms with van der Waals surface area (Å²) in [6, 6.07) is 8.09. The van der Waals surface area contributed by atoms with Crippen molar-refractivity contribution >= 4 is 11.6 Å². The minimum Gasteiger partial charge on any atom is -0.444 e. The van der Waals surface area contributed by atoms with Gasteiger partial charge in [0.2, 0.25) is 5.89 Å². The molecule has 0 saturated carbocycles. The normalized spacial score (nSPS) is 20.2. The zero-order valence-corrected chi connectivity index (χ0v) is 12.2. The van der Waals surface area contributed by atoms with Crippen molar-refractivity contribution in [2.75, 3.05) is 19.6 Å². The van der Waals surface area contributed by atoms with Crippen LogP contribution in [-0.4, -0.2) is 35.6 Å². The Bertz CT molecular complexity index is 584. The molecule has 4 nitrogen and oxygen atoms in total. The van der Waals surface area contributed by atoms with Gasteiger partial charge in [0.05, 0.1) is 5.69 Å². The van der Waals surface area contributed by atoms with Gasteiger partial charge in [0.1, 0.15) is 6.26 Å². The van der Waals surface area contributed by atoms with Crippen molar-refractivity contribution < 1.29 is 4.42 Å². The summed E-state index contributed by atoms with van der Waals surface area (Å²) in [5, 5.41) is 4.08. The van der Waals surface area contributed by atoms with E-state index in [0.717, 1.165) is 37.4 Å². The third kappa shape index (κ3) is 3.03. The van der Waals surface area contributed by atoms with Crippen LogP contribution in [0.5, 0.6) is 0 Å². The van der Waals surface area contributed by atoms with Crippen LogP contribution >= 0.6 is 11.6 Å². The van der Waals surface area contributed by atoms with E-state index < -0.39 is 0 Å². The number of piperazine rings is 1. The van der Waals surface area contributed by atoms with Gasteiger partial charge in [-0.25, -0.2) is 4.98 Å². The first-order valence-electron chi connectivity index (χ1n) is 6.87. The van der Waals surface area contributed by atoms with Gasteiger partial charge in [-0.3, -0.25) is 4.90 Å². The Morgan fingerprint density at radius 3 is 3.20 bits per heavy atom. The first-order chi connectivity index (χ1) is 9.72. The van der Waals surface area contributed by atoms with E-state index >= 15 is 0 Å². The molecule has 0 amide bonds. The Balaban J connectivity index is 1.73. The summed E-state index contributed by atoms with van der Waals surface area (Å²) >= 11 is 5.99. The maximum Gasteiger partial charge on any atom is 0.226 e. The molecule has 0 bridgehead atoms. The van der Waals surface area contributed by atoms with Crippen LogP contribution in [0.2, 0.25) is 5.02 Å². The van der Waals surface area contributed by atoms with E-state index in [1.165, 1.54) is 0 Å². The average molecular weight is 292 g/mol. The Labute approximate surface area is 123 Å². The molecular formula is C15H18ClN3O. The van der Waals surface area contributed by atoms with Crippen LogP contribution < -0.4 is 5.32 Å². The lowest BCUT2D eigenvalue weighted by atomic mass is 10.2. The van der Waals surface area contributed by atoms with E-state index in [0.29, 0.717) is 17.0 Å². The summed E-state index contributed by atoms with van der Waals surface area (Å²) in [5.74, 6) is 0.630. The van der Waals surface area contributed by atoms with Gasteiger partial charge in [-0.05, 0) is 25.1 Å². The van der Waals surface area contributed by atoms with Crippen molar-refractivity contribution in [1.82, 2.24) is 15.2 Å². The fourth-order valence-electron chi connectivity index (χ4n) is 2.46. The molecule has 2 heterocycles. The van der Waals surface area contributed by atoms with Gasteiger partial charge in [0.15, 0.2) is 0 Å². The summed E-state index contributed by atoms with van der Waals surface area (Å²) in [6.45, 7) is 6.15. The maximum atomic E-state index is 5.99. The Morgan fingerprint density at radius 2 is 2.40 bits per heavy atom. The summed E-state index contributed by atoms with van der Waals surface area (Å²) < 4.78 is 5.57. The van der Waals surface area contributed by atoms with Crippen LogP contribution in [0.4, 0.5) is 0 Å². The Morgan fingerprint density at radius 1 is 1.50 bits per heavy atom. The van der Waals surface area contributed by atoms with Gasteiger partial charge in [-0.2, -0.15) is 0 Å². The number of aromatic nitrogens is 1. The third-order valence-corrected chi connectivity index (χ3v) is 3.86. The van der Waals surface area contributed by atoms with Crippen molar-refractivity contribution in [1.29, 1.82) is 0 Å². The van der Waals surface area contributed by atoms with Crippen LogP contribution in [0.25, 0.3) is 11.5 Å². The lowest BCUT2D eigenvalue weighted by molar-refractivity contribution is 0.163. The van der Waals surface area contributed by atoms with Gasteiger partial charge < -0.3 is 9.73 Å². The van der Waals surface area contributed by atoms with Crippen molar-refractivity contribution in [3.8, 4) is 11.5 Å². The van der Waals surface area contributed by atoms with E-state index in [9.17, 15) is 0 Å². The molecule has 0 unspecified atom stereocenters. The molecule has 5 heteroatoms. The highest BCUT2D eigenvalue weighted by atomic mass is 35.5. The molecule has 0 aliphatic carbocycles. The molecule has 1 aromatic heterocycles. The number of oxazole rings is 1. The number of nitrogens with zero attached hydrogens (tertiary/aromatic N) is 2. The summed E-state index contributed by atoms with van der Waals surface area (Å²) in [5.41, 5.74) is 1.88. The third-order valence-electron chi connectivity index (χ3n) is 3.63. The standard InChI is InChI=1S/C15H18ClN3O/c1-11-8-17-5-6-19(11)9-14-10-20-15(18-14)12-3-2-4-13(16)7-12/h2-4,7,10-11,17H,5-6,8-9H2,1H3/t11-/m1/s1. The number of rotatable bonds is 3. The number of hydrogen-bond acceptors (Lipinski definition) is 4. The lowest BCUT2D eigenvalue weighted by Crippen LogP contribution is -2.49. The molecule has 0 radical (unpaired) electrons. The van der Waals surface area contributed by atoms with Crippen molar-refractivity contribution in [2.24, 2.45) is 0 Å². The average Bonchev–Trinajstić information content (AvgIpc) is 2.90. The smallest absolute Gasteiger partial charge is 0.226 e. The van der Waals surface area contributed by atoms with Crippen molar-refractivity contribution in [2.45, 2.75) is 19.5 Å². The first-order valence-corrected chi connectivity index (χ1v) is 7.25. The van der Waals surface area contributed by atoms with Crippen LogP contribution in [-0.2, 0) is 6.54 Å². The highest BCUT2D eigenvalue weighted by Gasteiger charge is 2.19. The Kier molecular flexibility index (Phi) is 4.05. The number of hydrogen-bond donors (Lipinski definition) is 1. The van der Waals surface area contributed by atoms with Crippen LogP contribution in [0.1, 0.15) is 12.6 Å².